The van der Waals surface area contributed by atoms with E-state index >= 15 is 0 Å². The Morgan fingerprint density at radius 3 is 2.42 bits per heavy atom. The van der Waals surface area contributed by atoms with E-state index in [1.165, 1.54) is 22.8 Å². The minimum absolute atomic E-state index is 0.0397. The number of aryl methyl sites for hydroxylation is 2. The van der Waals surface area contributed by atoms with Gasteiger partial charge >= 0.3 is 6.18 Å². The SMILES string of the molecule is Cn1cc(C(F)(F)F)nc1NC1CC2CC(c3ncn(C)c3C(=O)Nc3ccc(F)c(Cl)c3)CC2C1. The second-order valence-electron chi connectivity index (χ2n) is 9.73. The van der Waals surface area contributed by atoms with Gasteiger partial charge in [0.1, 0.15) is 11.5 Å². The predicted molar refractivity (Wildman–Crippen MR) is 126 cm³/mol. The van der Waals surface area contributed by atoms with E-state index in [2.05, 4.69) is 20.6 Å². The fourth-order valence-electron chi connectivity index (χ4n) is 5.67. The summed E-state index contributed by atoms with van der Waals surface area (Å²) in [5.41, 5.74) is 0.650. The van der Waals surface area contributed by atoms with Crippen LogP contribution in [0, 0.1) is 17.7 Å². The number of rotatable bonds is 5. The largest absolute Gasteiger partial charge is 0.434 e. The predicted octanol–water partition coefficient (Wildman–Crippen LogP) is 5.60. The third kappa shape index (κ3) is 4.68. The zero-order chi connectivity index (χ0) is 25.8. The summed E-state index contributed by atoms with van der Waals surface area (Å²) < 4.78 is 55.4. The zero-order valence-corrected chi connectivity index (χ0v) is 20.4. The van der Waals surface area contributed by atoms with Gasteiger partial charge in [0, 0.05) is 37.9 Å². The number of hydrogen-bond acceptors (Lipinski definition) is 4. The van der Waals surface area contributed by atoms with Crippen molar-refractivity contribution in [3.8, 4) is 0 Å². The number of benzene rings is 1. The van der Waals surface area contributed by atoms with Crippen molar-refractivity contribution in [3.05, 3.63) is 58.6 Å². The summed E-state index contributed by atoms with van der Waals surface area (Å²) >= 11 is 5.83. The van der Waals surface area contributed by atoms with E-state index in [0.717, 1.165) is 37.6 Å². The van der Waals surface area contributed by atoms with Crippen LogP contribution in [0.5, 0.6) is 0 Å². The van der Waals surface area contributed by atoms with Crippen molar-refractivity contribution in [1.82, 2.24) is 19.1 Å². The molecule has 2 aliphatic rings. The number of fused-ring (bicyclic) bond motifs is 1. The Hall–Kier alpha value is -3.08. The molecule has 5 rings (SSSR count). The molecule has 2 aliphatic carbocycles. The molecule has 2 N–H and O–H groups in total. The molecule has 192 valence electrons. The summed E-state index contributed by atoms with van der Waals surface area (Å²) in [7, 11) is 3.30. The lowest BCUT2D eigenvalue weighted by Gasteiger charge is -2.17. The zero-order valence-electron chi connectivity index (χ0n) is 19.6. The van der Waals surface area contributed by atoms with Crippen LogP contribution in [0.15, 0.2) is 30.7 Å². The minimum atomic E-state index is -4.48. The molecule has 36 heavy (non-hydrogen) atoms. The Balaban J connectivity index is 1.24. The second kappa shape index (κ2) is 9.10. The average Bonchev–Trinajstić information content (AvgIpc) is 3.53. The number of hydrogen-bond donors (Lipinski definition) is 2. The van der Waals surface area contributed by atoms with E-state index in [4.69, 9.17) is 11.6 Å². The number of amides is 1. The van der Waals surface area contributed by atoms with Gasteiger partial charge in [0.05, 0.1) is 17.0 Å². The van der Waals surface area contributed by atoms with Crippen LogP contribution in [0.3, 0.4) is 0 Å². The fraction of sp³-hybridized carbons (Fsp3) is 0.458. The first-order chi connectivity index (χ1) is 17.0. The summed E-state index contributed by atoms with van der Waals surface area (Å²) in [4.78, 5) is 21.3. The van der Waals surface area contributed by atoms with E-state index in [0.29, 0.717) is 23.2 Å². The van der Waals surface area contributed by atoms with Gasteiger partial charge in [-0.25, -0.2) is 14.4 Å². The molecule has 0 aliphatic heterocycles. The maximum Gasteiger partial charge on any atom is 0.434 e. The monoisotopic (exact) mass is 524 g/mol. The van der Waals surface area contributed by atoms with Crippen LogP contribution in [0.4, 0.5) is 29.2 Å². The number of halogens is 5. The molecule has 1 amide bonds. The molecule has 3 aromatic rings. The number of imidazole rings is 2. The third-order valence-electron chi connectivity index (χ3n) is 7.26. The third-order valence-corrected chi connectivity index (χ3v) is 7.55. The van der Waals surface area contributed by atoms with Crippen LogP contribution in [-0.4, -0.2) is 31.1 Å². The molecule has 1 aromatic carbocycles. The maximum absolute atomic E-state index is 13.5. The number of alkyl halides is 3. The highest BCUT2D eigenvalue weighted by Gasteiger charge is 2.44. The van der Waals surface area contributed by atoms with Crippen molar-refractivity contribution in [2.75, 3.05) is 10.6 Å². The maximum atomic E-state index is 13.5. The smallest absolute Gasteiger partial charge is 0.353 e. The first-order valence-corrected chi connectivity index (χ1v) is 12.0. The van der Waals surface area contributed by atoms with Crippen LogP contribution in [0.2, 0.25) is 5.02 Å². The van der Waals surface area contributed by atoms with Gasteiger partial charge in [-0.1, -0.05) is 11.6 Å². The first-order valence-electron chi connectivity index (χ1n) is 11.6. The van der Waals surface area contributed by atoms with Crippen molar-refractivity contribution in [2.45, 2.75) is 43.8 Å². The molecule has 2 atom stereocenters. The van der Waals surface area contributed by atoms with E-state index in [-0.39, 0.29) is 28.8 Å². The van der Waals surface area contributed by atoms with Gasteiger partial charge in [0.15, 0.2) is 5.69 Å². The highest BCUT2D eigenvalue weighted by molar-refractivity contribution is 6.31. The average molecular weight is 525 g/mol. The van der Waals surface area contributed by atoms with Crippen molar-refractivity contribution in [3.63, 3.8) is 0 Å². The molecular weight excluding hydrogens is 500 g/mol. The number of carbonyl (C=O) groups excluding carboxylic acids is 1. The van der Waals surface area contributed by atoms with Gasteiger partial charge < -0.3 is 19.8 Å². The highest BCUT2D eigenvalue weighted by Crippen LogP contribution is 2.51. The number of nitrogens with zero attached hydrogens (tertiary/aromatic N) is 4. The standard InChI is InChI=1S/C24H25ClF4N6O/c1-34-10-19(24(27,28)29)33-23(34)32-16-7-12-5-14(6-13(12)8-16)20-21(35(2)11-30-20)22(36)31-15-3-4-18(26)17(25)9-15/h3-4,9-14,16H,5-8H2,1-2H3,(H,31,36)(H,32,33). The quantitative estimate of drug-likeness (QED) is 0.426. The van der Waals surface area contributed by atoms with E-state index in [1.54, 1.807) is 25.0 Å². The molecule has 2 unspecified atom stereocenters. The minimum Gasteiger partial charge on any atom is -0.353 e. The molecule has 0 spiro atoms. The summed E-state index contributed by atoms with van der Waals surface area (Å²) in [5.74, 6) is 0.162. The van der Waals surface area contributed by atoms with Gasteiger partial charge in [-0.05, 0) is 55.7 Å². The first kappa shape index (κ1) is 24.6. The number of aromatic nitrogens is 4. The van der Waals surface area contributed by atoms with Crippen molar-refractivity contribution in [2.24, 2.45) is 25.9 Å². The Kier molecular flexibility index (Phi) is 6.22. The van der Waals surface area contributed by atoms with Crippen molar-refractivity contribution < 1.29 is 22.4 Å². The van der Waals surface area contributed by atoms with Crippen molar-refractivity contribution in [1.29, 1.82) is 0 Å². The Morgan fingerprint density at radius 1 is 1.11 bits per heavy atom. The van der Waals surface area contributed by atoms with Gasteiger partial charge in [-0.15, -0.1) is 0 Å². The number of nitrogens with one attached hydrogen (secondary N) is 2. The van der Waals surface area contributed by atoms with Crippen LogP contribution in [0.25, 0.3) is 0 Å². The molecule has 7 nitrogen and oxygen atoms in total. The van der Waals surface area contributed by atoms with E-state index < -0.39 is 17.7 Å². The van der Waals surface area contributed by atoms with Crippen LogP contribution in [-0.2, 0) is 20.3 Å². The molecule has 0 radical (unpaired) electrons. The molecular formula is C24H25ClF4N6O. The Bertz CT molecular complexity index is 1290. The lowest BCUT2D eigenvalue weighted by molar-refractivity contribution is -0.140. The number of carbonyl (C=O) groups is 1. The molecule has 2 saturated carbocycles. The normalized spacial score (nSPS) is 23.6. The molecule has 2 heterocycles. The van der Waals surface area contributed by atoms with Gasteiger partial charge in [-0.2, -0.15) is 13.2 Å². The van der Waals surface area contributed by atoms with E-state index in [9.17, 15) is 22.4 Å². The molecule has 12 heteroatoms. The lowest BCUT2D eigenvalue weighted by Crippen LogP contribution is -2.20. The topological polar surface area (TPSA) is 76.8 Å². The second-order valence-corrected chi connectivity index (χ2v) is 10.1. The highest BCUT2D eigenvalue weighted by atomic mass is 35.5. The fourth-order valence-corrected chi connectivity index (χ4v) is 5.85. The molecule has 0 saturated heterocycles. The van der Waals surface area contributed by atoms with Gasteiger partial charge in [-0.3, -0.25) is 4.79 Å². The Labute approximate surface area is 209 Å². The molecule has 0 bridgehead atoms. The summed E-state index contributed by atoms with van der Waals surface area (Å²) in [6, 6.07) is 4.04. The summed E-state index contributed by atoms with van der Waals surface area (Å²) in [6.07, 6.45) is 1.44. The molecule has 2 fully saturated rings. The van der Waals surface area contributed by atoms with E-state index in [1.807, 2.05) is 0 Å². The van der Waals surface area contributed by atoms with Crippen LogP contribution >= 0.6 is 11.6 Å². The van der Waals surface area contributed by atoms with Gasteiger partial charge in [0.25, 0.3) is 5.91 Å². The lowest BCUT2D eigenvalue weighted by atomic mass is 9.97. The van der Waals surface area contributed by atoms with Crippen LogP contribution in [0.1, 0.15) is 53.5 Å². The van der Waals surface area contributed by atoms with Gasteiger partial charge in [0.2, 0.25) is 5.95 Å². The Morgan fingerprint density at radius 2 is 1.81 bits per heavy atom. The van der Waals surface area contributed by atoms with Crippen molar-refractivity contribution >= 4 is 29.1 Å². The summed E-state index contributed by atoms with van der Waals surface area (Å²) in [6.45, 7) is 0. The van der Waals surface area contributed by atoms with Crippen LogP contribution < -0.4 is 10.6 Å². The summed E-state index contributed by atoms with van der Waals surface area (Å²) in [5, 5.41) is 5.88. The number of anilines is 2. The molecule has 2 aromatic heterocycles.